The van der Waals surface area contributed by atoms with Crippen LogP contribution in [-0.2, 0) is 0 Å². The number of hydrogen-bond donors (Lipinski definition) is 1. The molecule has 0 bridgehead atoms. The molecular weight excluding hydrogens is 98.1 g/mol. The zero-order valence-corrected chi connectivity index (χ0v) is 5.35. The fraction of sp³-hybridized carbons (Fsp3) is 0.714. The van der Waals surface area contributed by atoms with Gasteiger partial charge in [0, 0.05) is 6.04 Å². The van der Waals surface area contributed by atoms with E-state index < -0.39 is 0 Å². The van der Waals surface area contributed by atoms with E-state index in [0.29, 0.717) is 0 Å². The zero-order valence-electron chi connectivity index (χ0n) is 5.35. The Hall–Kier alpha value is -0.300. The fourth-order valence-electron chi connectivity index (χ4n) is 0.972. The van der Waals surface area contributed by atoms with E-state index in [-0.39, 0.29) is 0 Å². The zero-order chi connectivity index (χ0) is 5.98. The largest absolute Gasteiger partial charge is 0.314 e. The maximum absolute atomic E-state index is 3.72. The van der Waals surface area contributed by atoms with Crippen LogP contribution < -0.4 is 5.32 Å². The summed E-state index contributed by atoms with van der Waals surface area (Å²) in [6.45, 7) is 6.94. The summed E-state index contributed by atoms with van der Waals surface area (Å²) in [6.07, 6.45) is 3.34. The Bertz CT molecular complexity index is 88.4. The van der Waals surface area contributed by atoms with Crippen molar-refractivity contribution in [3.63, 3.8) is 0 Å². The van der Waals surface area contributed by atoms with Crippen molar-refractivity contribution >= 4 is 0 Å². The molecule has 0 saturated heterocycles. The van der Waals surface area contributed by atoms with Gasteiger partial charge in [-0.1, -0.05) is 13.0 Å². The predicted molar refractivity (Wildman–Crippen MR) is 35.8 cm³/mol. The fourth-order valence-corrected chi connectivity index (χ4v) is 0.972. The van der Waals surface area contributed by atoms with E-state index in [1.54, 1.807) is 0 Å². The lowest BCUT2D eigenvalue weighted by Gasteiger charge is -1.93. The summed E-state index contributed by atoms with van der Waals surface area (Å²) in [5.74, 6) is 0.773. The van der Waals surface area contributed by atoms with Crippen LogP contribution in [0.4, 0.5) is 0 Å². The molecule has 2 unspecified atom stereocenters. The van der Waals surface area contributed by atoms with Gasteiger partial charge in [-0.2, -0.15) is 0 Å². The molecule has 0 aromatic heterocycles. The molecule has 1 N–H and O–H groups in total. The van der Waals surface area contributed by atoms with Crippen molar-refractivity contribution in [3.05, 3.63) is 12.7 Å². The second-order valence-corrected chi connectivity index (χ2v) is 2.30. The minimum Gasteiger partial charge on any atom is -0.314 e. The Morgan fingerprint density at radius 1 is 1.88 bits per heavy atom. The van der Waals surface area contributed by atoms with Crippen LogP contribution in [-0.4, -0.2) is 12.6 Å². The van der Waals surface area contributed by atoms with E-state index in [2.05, 4.69) is 18.8 Å². The van der Waals surface area contributed by atoms with Crippen molar-refractivity contribution in [2.24, 2.45) is 5.92 Å². The summed E-state index contributed by atoms with van der Waals surface area (Å²) in [7, 11) is 0. The first-order valence-corrected chi connectivity index (χ1v) is 3.24. The molecule has 0 spiro atoms. The van der Waals surface area contributed by atoms with Crippen molar-refractivity contribution in [1.82, 2.24) is 5.32 Å². The maximum Gasteiger partial charge on any atom is 0.0136 e. The summed E-state index contributed by atoms with van der Waals surface area (Å²) in [4.78, 5) is 0. The summed E-state index contributed by atoms with van der Waals surface area (Å²) in [6, 6.07) is 0.762. The SMILES string of the molecule is C=CC1CC1NCC. The molecule has 1 heteroatoms. The van der Waals surface area contributed by atoms with Crippen LogP contribution in [0.25, 0.3) is 0 Å². The minimum atomic E-state index is 0.762. The third-order valence-corrected chi connectivity index (χ3v) is 1.61. The molecule has 0 aliphatic heterocycles. The van der Waals surface area contributed by atoms with Crippen molar-refractivity contribution in [1.29, 1.82) is 0 Å². The smallest absolute Gasteiger partial charge is 0.0136 e. The third-order valence-electron chi connectivity index (χ3n) is 1.61. The van der Waals surface area contributed by atoms with E-state index in [4.69, 9.17) is 0 Å². The Morgan fingerprint density at radius 2 is 2.62 bits per heavy atom. The van der Waals surface area contributed by atoms with Gasteiger partial charge in [0.25, 0.3) is 0 Å². The molecule has 46 valence electrons. The summed E-state index contributed by atoms with van der Waals surface area (Å²) >= 11 is 0. The second-order valence-electron chi connectivity index (χ2n) is 2.30. The lowest BCUT2D eigenvalue weighted by molar-refractivity contribution is 0.697. The molecule has 8 heavy (non-hydrogen) atoms. The highest BCUT2D eigenvalue weighted by Crippen LogP contribution is 2.30. The normalized spacial score (nSPS) is 34.6. The monoisotopic (exact) mass is 111 g/mol. The molecule has 1 aliphatic rings. The van der Waals surface area contributed by atoms with Gasteiger partial charge in [0.15, 0.2) is 0 Å². The van der Waals surface area contributed by atoms with Gasteiger partial charge in [-0.25, -0.2) is 0 Å². The summed E-state index contributed by atoms with van der Waals surface area (Å²) in [5.41, 5.74) is 0. The molecule has 1 fully saturated rings. The average Bonchev–Trinajstić information content (AvgIpc) is 2.48. The Kier molecular flexibility index (Phi) is 1.69. The number of rotatable bonds is 3. The molecule has 1 nitrogen and oxygen atoms in total. The highest BCUT2D eigenvalue weighted by Gasteiger charge is 2.32. The van der Waals surface area contributed by atoms with Crippen molar-refractivity contribution < 1.29 is 0 Å². The van der Waals surface area contributed by atoms with Crippen LogP contribution in [0.3, 0.4) is 0 Å². The second kappa shape index (κ2) is 2.31. The van der Waals surface area contributed by atoms with Crippen molar-refractivity contribution in [2.45, 2.75) is 19.4 Å². The van der Waals surface area contributed by atoms with Gasteiger partial charge in [0.1, 0.15) is 0 Å². The highest BCUT2D eigenvalue weighted by atomic mass is 15.0. The van der Waals surface area contributed by atoms with E-state index in [1.165, 1.54) is 6.42 Å². The molecule has 0 radical (unpaired) electrons. The van der Waals surface area contributed by atoms with Crippen LogP contribution in [0.1, 0.15) is 13.3 Å². The number of nitrogens with one attached hydrogen (secondary N) is 1. The van der Waals surface area contributed by atoms with Crippen LogP contribution in [0.2, 0.25) is 0 Å². The first-order valence-electron chi connectivity index (χ1n) is 3.24. The molecule has 1 aliphatic carbocycles. The van der Waals surface area contributed by atoms with Crippen LogP contribution in [0.5, 0.6) is 0 Å². The first kappa shape index (κ1) is 5.83. The van der Waals surface area contributed by atoms with Gasteiger partial charge >= 0.3 is 0 Å². The molecule has 0 aromatic rings. The van der Waals surface area contributed by atoms with Crippen LogP contribution >= 0.6 is 0 Å². The first-order chi connectivity index (χ1) is 3.88. The van der Waals surface area contributed by atoms with E-state index >= 15 is 0 Å². The molecule has 0 heterocycles. The van der Waals surface area contributed by atoms with Gasteiger partial charge in [-0.3, -0.25) is 0 Å². The standard InChI is InChI=1S/C7H13N/c1-3-6-5-7(6)8-4-2/h3,6-8H,1,4-5H2,2H3. The molecule has 1 saturated carbocycles. The van der Waals surface area contributed by atoms with Gasteiger partial charge in [0.2, 0.25) is 0 Å². The average molecular weight is 111 g/mol. The van der Waals surface area contributed by atoms with Gasteiger partial charge in [-0.05, 0) is 18.9 Å². The molecule has 0 amide bonds. The van der Waals surface area contributed by atoms with Gasteiger partial charge in [-0.15, -0.1) is 6.58 Å². The Balaban J connectivity index is 2.07. The molecular formula is C7H13N. The van der Waals surface area contributed by atoms with Gasteiger partial charge < -0.3 is 5.32 Å². The van der Waals surface area contributed by atoms with E-state index in [0.717, 1.165) is 18.5 Å². The summed E-state index contributed by atoms with van der Waals surface area (Å²) in [5, 5.41) is 3.35. The van der Waals surface area contributed by atoms with E-state index in [9.17, 15) is 0 Å². The Labute approximate surface area is 50.8 Å². The predicted octanol–water partition coefficient (Wildman–Crippen LogP) is 1.17. The third kappa shape index (κ3) is 1.10. The van der Waals surface area contributed by atoms with Gasteiger partial charge in [0.05, 0.1) is 0 Å². The lowest BCUT2D eigenvalue weighted by Crippen LogP contribution is -2.16. The quantitative estimate of drug-likeness (QED) is 0.539. The number of hydrogen-bond acceptors (Lipinski definition) is 1. The van der Waals surface area contributed by atoms with Crippen LogP contribution in [0, 0.1) is 5.92 Å². The molecule has 0 aromatic carbocycles. The molecule has 1 rings (SSSR count). The Morgan fingerprint density at radius 3 is 3.00 bits per heavy atom. The van der Waals surface area contributed by atoms with Crippen molar-refractivity contribution in [3.8, 4) is 0 Å². The lowest BCUT2D eigenvalue weighted by atomic mass is 10.4. The molecule has 2 atom stereocenters. The minimum absolute atomic E-state index is 0.762. The topological polar surface area (TPSA) is 12.0 Å². The summed E-state index contributed by atoms with van der Waals surface area (Å²) < 4.78 is 0. The van der Waals surface area contributed by atoms with E-state index in [1.807, 2.05) is 6.08 Å². The maximum atomic E-state index is 3.72. The van der Waals surface area contributed by atoms with Crippen molar-refractivity contribution in [2.75, 3.05) is 6.54 Å². The van der Waals surface area contributed by atoms with Crippen LogP contribution in [0.15, 0.2) is 12.7 Å². The highest BCUT2D eigenvalue weighted by molar-refractivity contribution is 5.02.